The van der Waals surface area contributed by atoms with Gasteiger partial charge in [0.05, 0.1) is 0 Å². The molecule has 0 aliphatic carbocycles. The van der Waals surface area contributed by atoms with Gasteiger partial charge in [0.1, 0.15) is 0 Å². The second-order valence-corrected chi connectivity index (χ2v) is 5.53. The highest BCUT2D eigenvalue weighted by molar-refractivity contribution is 5.32. The van der Waals surface area contributed by atoms with Crippen molar-refractivity contribution in [2.24, 2.45) is 5.92 Å². The normalized spacial score (nSPS) is 14.4. The highest BCUT2D eigenvalue weighted by Crippen LogP contribution is 2.26. The molecule has 0 amide bonds. The molecule has 0 heterocycles. The predicted octanol–water partition coefficient (Wildman–Crippen LogP) is 4.02. The van der Waals surface area contributed by atoms with E-state index in [1.165, 1.54) is 23.1 Å². The molecule has 0 aromatic heterocycles. The van der Waals surface area contributed by atoms with Crippen molar-refractivity contribution < 1.29 is 4.74 Å². The first-order valence-corrected chi connectivity index (χ1v) is 7.39. The predicted molar refractivity (Wildman–Crippen MR) is 82.6 cm³/mol. The molecule has 0 bridgehead atoms. The van der Waals surface area contributed by atoms with E-state index < -0.39 is 0 Å². The lowest BCUT2D eigenvalue weighted by atomic mass is 9.90. The van der Waals surface area contributed by atoms with E-state index in [1.54, 1.807) is 7.11 Å². The van der Waals surface area contributed by atoms with E-state index in [-0.39, 0.29) is 0 Å². The first-order valence-electron chi connectivity index (χ1n) is 7.39. The molecule has 0 saturated carbocycles. The molecule has 2 unspecified atom stereocenters. The SMILES string of the molecule is CCCNC(c1ccc(C)c(C)c1)C(C)CCOC. The summed E-state index contributed by atoms with van der Waals surface area (Å²) < 4.78 is 5.22. The number of hydrogen-bond acceptors (Lipinski definition) is 2. The van der Waals surface area contributed by atoms with Crippen molar-refractivity contribution in [1.29, 1.82) is 0 Å². The van der Waals surface area contributed by atoms with Crippen LogP contribution in [0.3, 0.4) is 0 Å². The van der Waals surface area contributed by atoms with Gasteiger partial charge in [-0.25, -0.2) is 0 Å². The van der Waals surface area contributed by atoms with Gasteiger partial charge in [-0.15, -0.1) is 0 Å². The van der Waals surface area contributed by atoms with Crippen LogP contribution in [0.2, 0.25) is 0 Å². The lowest BCUT2D eigenvalue weighted by Gasteiger charge is -2.26. The molecule has 0 aliphatic rings. The summed E-state index contributed by atoms with van der Waals surface area (Å²) >= 11 is 0. The average Bonchev–Trinajstić information content (AvgIpc) is 2.40. The Labute approximate surface area is 118 Å². The molecule has 0 radical (unpaired) electrons. The zero-order valence-electron chi connectivity index (χ0n) is 13.1. The van der Waals surface area contributed by atoms with Crippen LogP contribution in [0, 0.1) is 19.8 Å². The van der Waals surface area contributed by atoms with Crippen molar-refractivity contribution in [2.45, 2.75) is 46.6 Å². The maximum absolute atomic E-state index is 5.22. The van der Waals surface area contributed by atoms with Gasteiger partial charge in [-0.1, -0.05) is 32.0 Å². The number of aryl methyl sites for hydroxylation is 2. The molecule has 1 rings (SSSR count). The molecule has 1 N–H and O–H groups in total. The highest BCUT2D eigenvalue weighted by atomic mass is 16.5. The summed E-state index contributed by atoms with van der Waals surface area (Å²) in [6, 6.07) is 7.24. The van der Waals surface area contributed by atoms with Crippen molar-refractivity contribution in [1.82, 2.24) is 5.32 Å². The van der Waals surface area contributed by atoms with E-state index in [9.17, 15) is 0 Å². The van der Waals surface area contributed by atoms with Crippen LogP contribution in [0.5, 0.6) is 0 Å². The third kappa shape index (κ3) is 4.96. The quantitative estimate of drug-likeness (QED) is 0.765. The van der Waals surface area contributed by atoms with E-state index in [4.69, 9.17) is 4.74 Å². The Balaban J connectivity index is 2.84. The van der Waals surface area contributed by atoms with Gasteiger partial charge in [0.15, 0.2) is 0 Å². The number of ether oxygens (including phenoxy) is 1. The Morgan fingerprint density at radius 3 is 2.53 bits per heavy atom. The van der Waals surface area contributed by atoms with Gasteiger partial charge in [-0.2, -0.15) is 0 Å². The second kappa shape index (κ2) is 8.34. The Hall–Kier alpha value is -0.860. The van der Waals surface area contributed by atoms with E-state index in [1.807, 2.05) is 0 Å². The first-order chi connectivity index (χ1) is 9.10. The van der Waals surface area contributed by atoms with Gasteiger partial charge in [0.25, 0.3) is 0 Å². The van der Waals surface area contributed by atoms with Gasteiger partial charge in [0, 0.05) is 19.8 Å². The molecule has 2 nitrogen and oxygen atoms in total. The zero-order valence-corrected chi connectivity index (χ0v) is 13.1. The summed E-state index contributed by atoms with van der Waals surface area (Å²) in [5.41, 5.74) is 4.14. The van der Waals surface area contributed by atoms with Crippen LogP contribution >= 0.6 is 0 Å². The number of hydrogen-bond donors (Lipinski definition) is 1. The minimum atomic E-state index is 0.425. The fraction of sp³-hybridized carbons (Fsp3) is 0.647. The van der Waals surface area contributed by atoms with E-state index in [0.29, 0.717) is 12.0 Å². The second-order valence-electron chi connectivity index (χ2n) is 5.53. The van der Waals surface area contributed by atoms with Crippen molar-refractivity contribution in [3.05, 3.63) is 34.9 Å². The molecule has 1 aromatic rings. The molecule has 0 spiro atoms. The summed E-state index contributed by atoms with van der Waals surface area (Å²) in [6.07, 6.45) is 2.25. The molecular formula is C17H29NO. The van der Waals surface area contributed by atoms with Crippen LogP contribution in [0.4, 0.5) is 0 Å². The molecule has 2 atom stereocenters. The smallest absolute Gasteiger partial charge is 0.0465 e. The average molecular weight is 263 g/mol. The third-order valence-corrected chi connectivity index (χ3v) is 3.85. The summed E-state index contributed by atoms with van der Waals surface area (Å²) in [5, 5.41) is 3.69. The van der Waals surface area contributed by atoms with Gasteiger partial charge >= 0.3 is 0 Å². The summed E-state index contributed by atoms with van der Waals surface area (Å²) in [7, 11) is 1.78. The topological polar surface area (TPSA) is 21.3 Å². The van der Waals surface area contributed by atoms with E-state index in [2.05, 4.69) is 51.2 Å². The summed E-state index contributed by atoms with van der Waals surface area (Å²) in [6.45, 7) is 10.8. The van der Waals surface area contributed by atoms with Crippen LogP contribution in [0.15, 0.2) is 18.2 Å². The molecule has 2 heteroatoms. The number of nitrogens with one attached hydrogen (secondary N) is 1. The standard InChI is InChI=1S/C17H29NO/c1-6-10-18-17(14(3)9-11-19-5)16-8-7-13(2)15(4)12-16/h7-8,12,14,17-18H,6,9-11H2,1-5H3. The number of rotatable bonds is 8. The monoisotopic (exact) mass is 263 g/mol. The van der Waals surface area contributed by atoms with Gasteiger partial charge < -0.3 is 10.1 Å². The van der Waals surface area contributed by atoms with Gasteiger partial charge in [0.2, 0.25) is 0 Å². The van der Waals surface area contributed by atoms with E-state index in [0.717, 1.165) is 19.6 Å². The molecule has 0 saturated heterocycles. The fourth-order valence-electron chi connectivity index (χ4n) is 2.38. The van der Waals surface area contributed by atoms with E-state index >= 15 is 0 Å². The largest absolute Gasteiger partial charge is 0.385 e. The fourth-order valence-corrected chi connectivity index (χ4v) is 2.38. The molecular weight excluding hydrogens is 234 g/mol. The molecule has 1 aromatic carbocycles. The van der Waals surface area contributed by atoms with Crippen molar-refractivity contribution in [3.63, 3.8) is 0 Å². The number of benzene rings is 1. The molecule has 108 valence electrons. The van der Waals surface area contributed by atoms with Crippen LogP contribution in [0.25, 0.3) is 0 Å². The first kappa shape index (κ1) is 16.2. The van der Waals surface area contributed by atoms with Gasteiger partial charge in [-0.05, 0) is 55.8 Å². The van der Waals surface area contributed by atoms with Crippen molar-refractivity contribution in [3.8, 4) is 0 Å². The molecule has 19 heavy (non-hydrogen) atoms. The van der Waals surface area contributed by atoms with Crippen LogP contribution in [-0.4, -0.2) is 20.3 Å². The Morgan fingerprint density at radius 2 is 1.95 bits per heavy atom. The maximum atomic E-state index is 5.22. The highest BCUT2D eigenvalue weighted by Gasteiger charge is 2.18. The van der Waals surface area contributed by atoms with Crippen LogP contribution < -0.4 is 5.32 Å². The summed E-state index contributed by atoms with van der Waals surface area (Å²) in [5.74, 6) is 0.577. The lowest BCUT2D eigenvalue weighted by molar-refractivity contribution is 0.170. The maximum Gasteiger partial charge on any atom is 0.0465 e. The summed E-state index contributed by atoms with van der Waals surface area (Å²) in [4.78, 5) is 0. The Kier molecular flexibility index (Phi) is 7.11. The van der Waals surface area contributed by atoms with Crippen LogP contribution in [0.1, 0.15) is 49.4 Å². The molecule has 0 aliphatic heterocycles. The minimum absolute atomic E-state index is 0.425. The zero-order chi connectivity index (χ0) is 14.3. The van der Waals surface area contributed by atoms with Gasteiger partial charge in [-0.3, -0.25) is 0 Å². The molecule has 0 fully saturated rings. The van der Waals surface area contributed by atoms with Crippen molar-refractivity contribution in [2.75, 3.05) is 20.3 Å². The lowest BCUT2D eigenvalue weighted by Crippen LogP contribution is -2.28. The Morgan fingerprint density at radius 1 is 1.21 bits per heavy atom. The third-order valence-electron chi connectivity index (χ3n) is 3.85. The number of methoxy groups -OCH3 is 1. The Bertz CT molecular complexity index is 376. The van der Waals surface area contributed by atoms with Crippen molar-refractivity contribution >= 4 is 0 Å². The minimum Gasteiger partial charge on any atom is -0.385 e. The van der Waals surface area contributed by atoms with Crippen LogP contribution in [-0.2, 0) is 4.74 Å².